The highest BCUT2D eigenvalue weighted by atomic mass is 16.5. The highest BCUT2D eigenvalue weighted by molar-refractivity contribution is 5.52. The average molecular weight is 308 g/mol. The molecular weight excluding hydrogens is 288 g/mol. The Morgan fingerprint density at radius 2 is 2.04 bits per heavy atom. The van der Waals surface area contributed by atoms with Gasteiger partial charge >= 0.3 is 0 Å². The molecular formula is C18H20N4O. The number of allylic oxidation sites excluding steroid dienone is 1. The third-order valence-corrected chi connectivity index (χ3v) is 3.64. The van der Waals surface area contributed by atoms with Crippen LogP contribution in [0.4, 0.5) is 0 Å². The molecule has 1 aromatic carbocycles. The summed E-state index contributed by atoms with van der Waals surface area (Å²) in [4.78, 5) is 4.16. The van der Waals surface area contributed by atoms with Crippen molar-refractivity contribution >= 4 is 0 Å². The predicted molar refractivity (Wildman–Crippen MR) is 88.3 cm³/mol. The van der Waals surface area contributed by atoms with Crippen LogP contribution in [0.15, 0.2) is 47.2 Å². The zero-order chi connectivity index (χ0) is 16.8. The van der Waals surface area contributed by atoms with E-state index in [1.165, 1.54) is 0 Å². The highest BCUT2D eigenvalue weighted by Crippen LogP contribution is 2.27. The van der Waals surface area contributed by atoms with Gasteiger partial charge in [0, 0.05) is 45.5 Å². The van der Waals surface area contributed by atoms with E-state index in [0.717, 1.165) is 35.5 Å². The zero-order valence-corrected chi connectivity index (χ0v) is 13.7. The molecule has 0 spiro atoms. The number of nitrogens with zero attached hydrogens (tertiary/aromatic N) is 4. The Bertz CT molecular complexity index is 703. The van der Waals surface area contributed by atoms with Crippen molar-refractivity contribution in [3.63, 3.8) is 0 Å². The molecule has 23 heavy (non-hydrogen) atoms. The monoisotopic (exact) mass is 308 g/mol. The molecule has 0 N–H and O–H groups in total. The second-order valence-electron chi connectivity index (χ2n) is 5.69. The van der Waals surface area contributed by atoms with E-state index < -0.39 is 0 Å². The van der Waals surface area contributed by atoms with E-state index >= 15 is 0 Å². The summed E-state index contributed by atoms with van der Waals surface area (Å²) in [5.41, 5.74) is 3.19. The van der Waals surface area contributed by atoms with Crippen LogP contribution in [0.2, 0.25) is 0 Å². The van der Waals surface area contributed by atoms with E-state index in [0.29, 0.717) is 6.54 Å². The number of hydrogen-bond donors (Lipinski definition) is 0. The summed E-state index contributed by atoms with van der Waals surface area (Å²) in [7, 11) is 5.53. The van der Waals surface area contributed by atoms with Gasteiger partial charge in [0.05, 0.1) is 7.11 Å². The molecule has 5 nitrogen and oxygen atoms in total. The molecule has 1 fully saturated rings. The molecule has 1 aliphatic rings. The van der Waals surface area contributed by atoms with Crippen LogP contribution in [0.3, 0.4) is 0 Å². The number of nitriles is 2. The molecule has 2 rings (SSSR count). The first-order valence-electron chi connectivity index (χ1n) is 7.33. The van der Waals surface area contributed by atoms with Crippen LogP contribution in [0.25, 0.3) is 0 Å². The normalized spacial score (nSPS) is 16.0. The van der Waals surface area contributed by atoms with Crippen molar-refractivity contribution in [1.29, 1.82) is 10.5 Å². The Hall–Kier alpha value is -2.76. The molecule has 0 amide bonds. The Kier molecular flexibility index (Phi) is 5.41. The molecule has 1 aliphatic heterocycles. The fourth-order valence-corrected chi connectivity index (χ4v) is 2.69. The minimum absolute atomic E-state index is 0.200. The maximum absolute atomic E-state index is 9.18. The third-order valence-electron chi connectivity index (χ3n) is 3.64. The van der Waals surface area contributed by atoms with E-state index in [2.05, 4.69) is 11.0 Å². The van der Waals surface area contributed by atoms with Gasteiger partial charge in [-0.2, -0.15) is 10.5 Å². The lowest BCUT2D eigenvalue weighted by molar-refractivity contribution is 0.344. The molecule has 0 radical (unpaired) electrons. The SMILES string of the molecule is COc1cccc(CN2CC(=C(C#N)C#N)/C(=C\N(C)C)C2)c1. The maximum atomic E-state index is 9.18. The summed E-state index contributed by atoms with van der Waals surface area (Å²) in [6.07, 6.45) is 1.98. The molecule has 0 bridgehead atoms. The number of methoxy groups -OCH3 is 1. The Morgan fingerprint density at radius 1 is 1.30 bits per heavy atom. The largest absolute Gasteiger partial charge is 0.497 e. The second-order valence-corrected chi connectivity index (χ2v) is 5.69. The highest BCUT2D eigenvalue weighted by Gasteiger charge is 2.25. The smallest absolute Gasteiger partial charge is 0.134 e. The number of ether oxygens (including phenoxy) is 1. The molecule has 0 atom stereocenters. The van der Waals surface area contributed by atoms with Gasteiger partial charge in [-0.1, -0.05) is 12.1 Å². The summed E-state index contributed by atoms with van der Waals surface area (Å²) < 4.78 is 5.26. The van der Waals surface area contributed by atoms with Crippen molar-refractivity contribution in [1.82, 2.24) is 9.80 Å². The molecule has 1 saturated heterocycles. The lowest BCUT2D eigenvalue weighted by Crippen LogP contribution is -2.19. The third kappa shape index (κ3) is 4.12. The van der Waals surface area contributed by atoms with Crippen molar-refractivity contribution in [3.8, 4) is 17.9 Å². The summed E-state index contributed by atoms with van der Waals surface area (Å²) in [6.45, 7) is 2.07. The fraction of sp³-hybridized carbons (Fsp3) is 0.333. The zero-order valence-electron chi connectivity index (χ0n) is 13.7. The van der Waals surface area contributed by atoms with E-state index in [1.807, 2.05) is 55.5 Å². The molecule has 0 aromatic heterocycles. The lowest BCUT2D eigenvalue weighted by Gasteiger charge is -2.14. The second kappa shape index (κ2) is 7.49. The van der Waals surface area contributed by atoms with Crippen LogP contribution in [0.1, 0.15) is 5.56 Å². The first kappa shape index (κ1) is 16.6. The van der Waals surface area contributed by atoms with Crippen LogP contribution >= 0.6 is 0 Å². The molecule has 5 heteroatoms. The van der Waals surface area contributed by atoms with E-state index in [-0.39, 0.29) is 5.57 Å². The van der Waals surface area contributed by atoms with Gasteiger partial charge < -0.3 is 9.64 Å². The van der Waals surface area contributed by atoms with Gasteiger partial charge in [0.25, 0.3) is 0 Å². The quantitative estimate of drug-likeness (QED) is 0.799. The van der Waals surface area contributed by atoms with Gasteiger partial charge in [0.1, 0.15) is 23.5 Å². The van der Waals surface area contributed by atoms with E-state index in [9.17, 15) is 10.5 Å². The molecule has 118 valence electrons. The van der Waals surface area contributed by atoms with Crippen LogP contribution in [0, 0.1) is 22.7 Å². The molecule has 0 unspecified atom stereocenters. The van der Waals surface area contributed by atoms with Crippen LogP contribution in [0.5, 0.6) is 5.75 Å². The van der Waals surface area contributed by atoms with Crippen molar-refractivity contribution in [3.05, 3.63) is 52.7 Å². The number of likely N-dealkylation sites (tertiary alicyclic amines) is 1. The van der Waals surface area contributed by atoms with Crippen molar-refractivity contribution in [2.24, 2.45) is 0 Å². The lowest BCUT2D eigenvalue weighted by atomic mass is 10.1. The first-order chi connectivity index (χ1) is 11.1. The molecule has 0 saturated carbocycles. The summed E-state index contributed by atoms with van der Waals surface area (Å²) >= 11 is 0. The van der Waals surface area contributed by atoms with Crippen LogP contribution < -0.4 is 4.74 Å². The Labute approximate surface area is 137 Å². The van der Waals surface area contributed by atoms with Gasteiger partial charge in [-0.3, -0.25) is 4.90 Å². The van der Waals surface area contributed by atoms with E-state index in [4.69, 9.17) is 4.74 Å². The summed E-state index contributed by atoms with van der Waals surface area (Å²) in [5.74, 6) is 0.830. The standard InChI is InChI=1S/C18H20N4O/c1-21(2)11-16-12-22(13-18(16)15(8-19)9-20)10-14-5-4-6-17(7-14)23-3/h4-7,11H,10,12-13H2,1-3H3/b16-11-. The van der Waals surface area contributed by atoms with Crippen molar-refractivity contribution in [2.75, 3.05) is 34.3 Å². The Balaban J connectivity index is 2.25. The number of benzene rings is 1. The minimum atomic E-state index is 0.200. The van der Waals surface area contributed by atoms with Crippen molar-refractivity contribution in [2.45, 2.75) is 6.54 Å². The van der Waals surface area contributed by atoms with Crippen molar-refractivity contribution < 1.29 is 4.74 Å². The molecule has 1 heterocycles. The number of rotatable bonds is 4. The van der Waals surface area contributed by atoms with Gasteiger partial charge in [-0.25, -0.2) is 0 Å². The number of hydrogen-bond acceptors (Lipinski definition) is 5. The van der Waals surface area contributed by atoms with Crippen LogP contribution in [-0.2, 0) is 6.54 Å². The maximum Gasteiger partial charge on any atom is 0.134 e. The first-order valence-corrected chi connectivity index (χ1v) is 7.33. The average Bonchev–Trinajstić information content (AvgIpc) is 2.90. The minimum Gasteiger partial charge on any atom is -0.497 e. The predicted octanol–water partition coefficient (Wildman–Crippen LogP) is 2.30. The van der Waals surface area contributed by atoms with Gasteiger partial charge in [-0.05, 0) is 23.3 Å². The molecule has 1 aromatic rings. The van der Waals surface area contributed by atoms with E-state index in [1.54, 1.807) is 7.11 Å². The van der Waals surface area contributed by atoms with Gasteiger partial charge in [0.15, 0.2) is 0 Å². The Morgan fingerprint density at radius 3 is 2.65 bits per heavy atom. The topological polar surface area (TPSA) is 63.3 Å². The summed E-state index contributed by atoms with van der Waals surface area (Å²) in [6, 6.07) is 12.0. The fourth-order valence-electron chi connectivity index (χ4n) is 2.69. The van der Waals surface area contributed by atoms with Crippen LogP contribution in [-0.4, -0.2) is 44.1 Å². The van der Waals surface area contributed by atoms with Gasteiger partial charge in [0.2, 0.25) is 0 Å². The molecule has 0 aliphatic carbocycles. The summed E-state index contributed by atoms with van der Waals surface area (Å²) in [5, 5.41) is 18.4. The van der Waals surface area contributed by atoms with Gasteiger partial charge in [-0.15, -0.1) is 0 Å².